The van der Waals surface area contributed by atoms with Crippen molar-refractivity contribution < 1.29 is 9.66 Å². The molecule has 1 aromatic heterocycles. The average Bonchev–Trinajstić information content (AvgIpc) is 2.70. The number of anilines is 1. The number of hydrogen-bond donors (Lipinski definition) is 1. The zero-order chi connectivity index (χ0) is 15.3. The van der Waals surface area contributed by atoms with E-state index in [2.05, 4.69) is 24.3 Å². The summed E-state index contributed by atoms with van der Waals surface area (Å²) >= 11 is 0. The molecule has 0 fully saturated rings. The Kier molecular flexibility index (Phi) is 5.94. The fourth-order valence-corrected chi connectivity index (χ4v) is 1.98. The van der Waals surface area contributed by atoms with Gasteiger partial charge < -0.3 is 10.1 Å². The Balaban J connectivity index is 3.05. The summed E-state index contributed by atoms with van der Waals surface area (Å²) in [6.45, 7) is 9.04. The molecule has 1 aromatic rings. The van der Waals surface area contributed by atoms with E-state index in [9.17, 15) is 10.1 Å². The minimum Gasteiger partial charge on any atom is -0.380 e. The summed E-state index contributed by atoms with van der Waals surface area (Å²) in [6.07, 6.45) is 0.531. The third-order valence-electron chi connectivity index (χ3n) is 3.24. The minimum absolute atomic E-state index is 0.00811. The number of hydrogen-bond acceptors (Lipinski definition) is 5. The zero-order valence-corrected chi connectivity index (χ0v) is 12.8. The van der Waals surface area contributed by atoms with Crippen LogP contribution in [0.1, 0.15) is 33.4 Å². The van der Waals surface area contributed by atoms with Gasteiger partial charge in [0, 0.05) is 13.7 Å². The highest BCUT2D eigenvalue weighted by atomic mass is 16.6. The minimum atomic E-state index is -0.369. The van der Waals surface area contributed by atoms with Crippen LogP contribution in [0.4, 0.5) is 11.5 Å². The highest BCUT2D eigenvalue weighted by molar-refractivity contribution is 5.60. The van der Waals surface area contributed by atoms with Gasteiger partial charge in [-0.1, -0.05) is 20.8 Å². The summed E-state index contributed by atoms with van der Waals surface area (Å²) in [5.41, 5.74) is 0.566. The van der Waals surface area contributed by atoms with E-state index >= 15 is 0 Å². The van der Waals surface area contributed by atoms with Crippen LogP contribution in [0.25, 0.3) is 0 Å². The van der Waals surface area contributed by atoms with Crippen molar-refractivity contribution in [2.45, 2.75) is 40.2 Å². The first-order valence-electron chi connectivity index (χ1n) is 6.96. The number of aryl methyl sites for hydroxylation is 2. The van der Waals surface area contributed by atoms with Gasteiger partial charge in [-0.05, 0) is 19.3 Å². The van der Waals surface area contributed by atoms with E-state index in [1.165, 1.54) is 4.68 Å². The predicted molar refractivity (Wildman–Crippen MR) is 78.0 cm³/mol. The number of aromatic nitrogens is 2. The Bertz CT molecular complexity index is 457. The molecule has 0 radical (unpaired) electrons. The lowest BCUT2D eigenvalue weighted by Gasteiger charge is -2.22. The van der Waals surface area contributed by atoms with Crippen LogP contribution in [0.15, 0.2) is 0 Å². The van der Waals surface area contributed by atoms with Gasteiger partial charge in [0.05, 0.1) is 17.6 Å². The zero-order valence-electron chi connectivity index (χ0n) is 12.8. The van der Waals surface area contributed by atoms with Crippen molar-refractivity contribution in [3.63, 3.8) is 0 Å². The van der Waals surface area contributed by atoms with E-state index in [1.807, 2.05) is 13.8 Å². The summed E-state index contributed by atoms with van der Waals surface area (Å²) < 4.78 is 6.98. The summed E-state index contributed by atoms with van der Waals surface area (Å²) in [7, 11) is 1.71. The largest absolute Gasteiger partial charge is 0.380 e. The van der Waals surface area contributed by atoms with Crippen molar-refractivity contribution in [3.05, 3.63) is 15.8 Å². The second-order valence-corrected chi connectivity index (χ2v) is 5.03. The maximum atomic E-state index is 11.3. The predicted octanol–water partition coefficient (Wildman–Crippen LogP) is 2.36. The van der Waals surface area contributed by atoms with E-state index in [0.29, 0.717) is 37.1 Å². The molecule has 0 aliphatic heterocycles. The molecule has 0 bridgehead atoms. The van der Waals surface area contributed by atoms with Gasteiger partial charge in [0.2, 0.25) is 5.82 Å². The van der Waals surface area contributed by atoms with Crippen LogP contribution in [0, 0.1) is 16.0 Å². The van der Waals surface area contributed by atoms with Gasteiger partial charge in [-0.2, -0.15) is 5.10 Å². The molecule has 1 heterocycles. The van der Waals surface area contributed by atoms with Crippen LogP contribution in [-0.4, -0.2) is 34.0 Å². The molecule has 1 unspecified atom stereocenters. The van der Waals surface area contributed by atoms with Crippen molar-refractivity contribution in [1.82, 2.24) is 9.78 Å². The lowest BCUT2D eigenvalue weighted by Crippen LogP contribution is -2.32. The van der Waals surface area contributed by atoms with Crippen molar-refractivity contribution in [2.75, 3.05) is 18.5 Å². The van der Waals surface area contributed by atoms with Crippen LogP contribution >= 0.6 is 0 Å². The number of nitrogens with one attached hydrogen (secondary N) is 1. The topological polar surface area (TPSA) is 82.2 Å². The second-order valence-electron chi connectivity index (χ2n) is 5.03. The second kappa shape index (κ2) is 7.23. The Morgan fingerprint density at radius 1 is 1.45 bits per heavy atom. The fourth-order valence-electron chi connectivity index (χ4n) is 1.98. The first kappa shape index (κ1) is 16.4. The molecule has 0 saturated heterocycles. The number of rotatable bonds is 8. The van der Waals surface area contributed by atoms with Gasteiger partial charge in [-0.25, -0.2) is 4.68 Å². The monoisotopic (exact) mass is 284 g/mol. The van der Waals surface area contributed by atoms with Crippen molar-refractivity contribution in [2.24, 2.45) is 13.0 Å². The Labute approximate surface area is 119 Å². The molecule has 1 N–H and O–H groups in total. The molecule has 0 aliphatic rings. The Hall–Kier alpha value is -1.63. The number of nitro groups is 1. The summed E-state index contributed by atoms with van der Waals surface area (Å²) in [4.78, 5) is 10.9. The Morgan fingerprint density at radius 3 is 2.55 bits per heavy atom. The molecular formula is C13H24N4O3. The first-order chi connectivity index (χ1) is 9.42. The molecular weight excluding hydrogens is 260 g/mol. The van der Waals surface area contributed by atoms with Gasteiger partial charge in [0.15, 0.2) is 0 Å². The molecule has 20 heavy (non-hydrogen) atoms. The molecule has 0 aromatic carbocycles. The summed E-state index contributed by atoms with van der Waals surface area (Å²) in [6, 6.07) is 0.00811. The van der Waals surface area contributed by atoms with Gasteiger partial charge in [0.1, 0.15) is 5.69 Å². The van der Waals surface area contributed by atoms with E-state index in [-0.39, 0.29) is 16.7 Å². The molecule has 1 atom stereocenters. The summed E-state index contributed by atoms with van der Waals surface area (Å²) in [5, 5.41) is 18.7. The van der Waals surface area contributed by atoms with Gasteiger partial charge >= 0.3 is 5.69 Å². The Morgan fingerprint density at radius 2 is 2.10 bits per heavy atom. The van der Waals surface area contributed by atoms with E-state index in [1.54, 1.807) is 7.05 Å². The first-order valence-corrected chi connectivity index (χ1v) is 6.96. The van der Waals surface area contributed by atoms with Gasteiger partial charge in [0.25, 0.3) is 0 Å². The molecule has 7 heteroatoms. The van der Waals surface area contributed by atoms with Crippen LogP contribution in [0.5, 0.6) is 0 Å². The quantitative estimate of drug-likeness (QED) is 0.585. The molecule has 114 valence electrons. The van der Waals surface area contributed by atoms with Crippen LogP contribution in [0.2, 0.25) is 0 Å². The smallest absolute Gasteiger partial charge is 0.333 e. The SMILES string of the molecule is CCOCC(Nc1c([N+](=O)[O-])c(CC)nn1C)C(C)C. The number of nitrogens with zero attached hydrogens (tertiary/aromatic N) is 3. The molecule has 0 amide bonds. The van der Waals surface area contributed by atoms with Crippen molar-refractivity contribution in [1.29, 1.82) is 0 Å². The standard InChI is InChI=1S/C13H24N4O3/c1-6-10-12(17(18)19)13(16(5)15-10)14-11(9(3)4)8-20-7-2/h9,11,14H,6-8H2,1-5H3. The molecule has 1 rings (SSSR count). The molecule has 0 aliphatic carbocycles. The van der Waals surface area contributed by atoms with E-state index < -0.39 is 0 Å². The molecule has 7 nitrogen and oxygen atoms in total. The van der Waals surface area contributed by atoms with Crippen LogP contribution in [-0.2, 0) is 18.2 Å². The van der Waals surface area contributed by atoms with E-state index in [0.717, 1.165) is 0 Å². The third-order valence-corrected chi connectivity index (χ3v) is 3.24. The average molecular weight is 284 g/mol. The third kappa shape index (κ3) is 3.69. The molecule has 0 saturated carbocycles. The normalized spacial score (nSPS) is 12.7. The van der Waals surface area contributed by atoms with Crippen molar-refractivity contribution in [3.8, 4) is 0 Å². The highest BCUT2D eigenvalue weighted by Crippen LogP contribution is 2.29. The summed E-state index contributed by atoms with van der Waals surface area (Å²) in [5.74, 6) is 0.742. The maximum Gasteiger partial charge on any atom is 0.333 e. The highest BCUT2D eigenvalue weighted by Gasteiger charge is 2.28. The maximum absolute atomic E-state index is 11.3. The molecule has 0 spiro atoms. The lowest BCUT2D eigenvalue weighted by atomic mass is 10.1. The van der Waals surface area contributed by atoms with Crippen LogP contribution < -0.4 is 5.32 Å². The lowest BCUT2D eigenvalue weighted by molar-refractivity contribution is -0.384. The van der Waals surface area contributed by atoms with Gasteiger partial charge in [-0.3, -0.25) is 10.1 Å². The van der Waals surface area contributed by atoms with Crippen molar-refractivity contribution >= 4 is 11.5 Å². The van der Waals surface area contributed by atoms with E-state index in [4.69, 9.17) is 4.74 Å². The van der Waals surface area contributed by atoms with Crippen LogP contribution in [0.3, 0.4) is 0 Å². The van der Waals surface area contributed by atoms with Gasteiger partial charge in [-0.15, -0.1) is 0 Å². The number of ether oxygens (including phenoxy) is 1. The fraction of sp³-hybridized carbons (Fsp3) is 0.769.